The van der Waals surface area contributed by atoms with Crippen LogP contribution in [0.3, 0.4) is 0 Å². The van der Waals surface area contributed by atoms with Crippen LogP contribution in [0, 0.1) is 25.6 Å². The topological polar surface area (TPSA) is 71.7 Å². The van der Waals surface area contributed by atoms with Gasteiger partial charge in [0.1, 0.15) is 5.82 Å². The van der Waals surface area contributed by atoms with Crippen molar-refractivity contribution in [3.8, 4) is 0 Å². The Kier molecular flexibility index (Phi) is 6.65. The molecule has 2 heterocycles. The van der Waals surface area contributed by atoms with Gasteiger partial charge in [0.05, 0.1) is 15.1 Å². The SMILES string of the molecule is C=CCn1c(=NC(=O)C2CCN(S(=O)(=O)c3ccc(F)cc3)CC2)sc2cc(C)c(C)cc21. The molecule has 3 aromatic rings. The van der Waals surface area contributed by atoms with Gasteiger partial charge in [0, 0.05) is 25.6 Å². The molecule has 0 radical (unpaired) electrons. The molecule has 1 aromatic heterocycles. The van der Waals surface area contributed by atoms with E-state index in [1.54, 1.807) is 6.08 Å². The lowest BCUT2D eigenvalue weighted by atomic mass is 9.98. The second-order valence-electron chi connectivity index (χ2n) is 8.27. The van der Waals surface area contributed by atoms with Gasteiger partial charge in [-0.05, 0) is 74.2 Å². The first-order valence-electron chi connectivity index (χ1n) is 10.8. The van der Waals surface area contributed by atoms with Crippen LogP contribution in [0.5, 0.6) is 0 Å². The Hall–Kier alpha value is -2.62. The van der Waals surface area contributed by atoms with Crippen LogP contribution in [-0.2, 0) is 21.4 Å². The third kappa shape index (κ3) is 4.71. The molecular formula is C24H26FN3O3S2. The minimum Gasteiger partial charge on any atom is -0.312 e. The number of sulfonamides is 1. The second kappa shape index (κ2) is 9.32. The zero-order valence-electron chi connectivity index (χ0n) is 18.6. The van der Waals surface area contributed by atoms with Crippen molar-refractivity contribution >= 4 is 37.5 Å². The number of rotatable bonds is 5. The van der Waals surface area contributed by atoms with Gasteiger partial charge in [0.15, 0.2) is 4.80 Å². The minimum atomic E-state index is -3.71. The lowest BCUT2D eigenvalue weighted by Gasteiger charge is -2.29. The maximum absolute atomic E-state index is 13.2. The first kappa shape index (κ1) is 23.5. The maximum atomic E-state index is 13.2. The van der Waals surface area contributed by atoms with Gasteiger partial charge in [-0.15, -0.1) is 6.58 Å². The molecular weight excluding hydrogens is 461 g/mol. The average molecular weight is 488 g/mol. The summed E-state index contributed by atoms with van der Waals surface area (Å²) in [5, 5.41) is 0. The molecule has 1 aliphatic heterocycles. The van der Waals surface area contributed by atoms with E-state index in [2.05, 4.69) is 37.6 Å². The van der Waals surface area contributed by atoms with E-state index in [0.29, 0.717) is 24.2 Å². The second-order valence-corrected chi connectivity index (χ2v) is 11.2. The van der Waals surface area contributed by atoms with Gasteiger partial charge in [-0.2, -0.15) is 9.30 Å². The number of halogens is 1. The van der Waals surface area contributed by atoms with Crippen LogP contribution in [0.4, 0.5) is 4.39 Å². The summed E-state index contributed by atoms with van der Waals surface area (Å²) in [6, 6.07) is 9.01. The molecule has 0 aliphatic carbocycles. The van der Waals surface area contributed by atoms with Crippen molar-refractivity contribution in [1.29, 1.82) is 0 Å². The normalized spacial score (nSPS) is 16.4. The monoisotopic (exact) mass is 487 g/mol. The predicted octanol–water partition coefficient (Wildman–Crippen LogP) is 4.17. The van der Waals surface area contributed by atoms with Crippen LogP contribution >= 0.6 is 11.3 Å². The number of hydrogen-bond acceptors (Lipinski definition) is 4. The highest BCUT2D eigenvalue weighted by Crippen LogP contribution is 2.26. The fourth-order valence-electron chi connectivity index (χ4n) is 4.00. The summed E-state index contributed by atoms with van der Waals surface area (Å²) in [7, 11) is -3.71. The molecule has 6 nitrogen and oxygen atoms in total. The number of aromatic nitrogens is 1. The number of aryl methyl sites for hydroxylation is 2. The van der Waals surface area contributed by atoms with Crippen molar-refractivity contribution in [3.05, 3.63) is 70.8 Å². The van der Waals surface area contributed by atoms with Crippen LogP contribution in [0.1, 0.15) is 24.0 Å². The molecule has 1 amide bonds. The van der Waals surface area contributed by atoms with Gasteiger partial charge >= 0.3 is 0 Å². The number of allylic oxidation sites excluding steroid dienone is 1. The van der Waals surface area contributed by atoms with Crippen molar-refractivity contribution in [3.63, 3.8) is 0 Å². The molecule has 33 heavy (non-hydrogen) atoms. The van der Waals surface area contributed by atoms with E-state index in [-0.39, 0.29) is 29.8 Å². The number of carbonyl (C=O) groups is 1. The molecule has 174 valence electrons. The molecule has 9 heteroatoms. The fourth-order valence-corrected chi connectivity index (χ4v) is 6.59. The molecule has 0 atom stereocenters. The number of piperidine rings is 1. The number of nitrogens with zero attached hydrogens (tertiary/aromatic N) is 3. The van der Waals surface area contributed by atoms with Gasteiger partial charge in [-0.25, -0.2) is 12.8 Å². The summed E-state index contributed by atoms with van der Waals surface area (Å²) in [4.78, 5) is 18.1. The molecule has 1 aliphatic rings. The van der Waals surface area contributed by atoms with E-state index in [1.165, 1.54) is 38.9 Å². The molecule has 1 fully saturated rings. The lowest BCUT2D eigenvalue weighted by Crippen LogP contribution is -2.40. The van der Waals surface area contributed by atoms with Crippen molar-refractivity contribution in [1.82, 2.24) is 8.87 Å². The minimum absolute atomic E-state index is 0.0553. The van der Waals surface area contributed by atoms with Gasteiger partial charge < -0.3 is 4.57 Å². The van der Waals surface area contributed by atoms with Crippen LogP contribution in [0.15, 0.2) is 58.9 Å². The van der Waals surface area contributed by atoms with Crippen molar-refractivity contribution < 1.29 is 17.6 Å². The number of hydrogen-bond donors (Lipinski definition) is 0. The predicted molar refractivity (Wildman–Crippen MR) is 128 cm³/mol. The lowest BCUT2D eigenvalue weighted by molar-refractivity contribution is -0.122. The third-order valence-electron chi connectivity index (χ3n) is 6.07. The van der Waals surface area contributed by atoms with E-state index in [4.69, 9.17) is 0 Å². The molecule has 0 spiro atoms. The standard InChI is InChI=1S/C24H26FN3O3S2/c1-4-11-28-21-14-16(2)17(3)15-22(21)32-24(28)26-23(29)18-9-12-27(13-10-18)33(30,31)20-7-5-19(25)6-8-20/h4-8,14-15,18H,1,9-13H2,2-3H3. The van der Waals surface area contributed by atoms with Crippen LogP contribution in [0.25, 0.3) is 10.2 Å². The van der Waals surface area contributed by atoms with E-state index in [0.717, 1.165) is 22.3 Å². The van der Waals surface area contributed by atoms with Gasteiger partial charge in [-0.1, -0.05) is 17.4 Å². The molecule has 1 saturated heterocycles. The molecule has 2 aromatic carbocycles. The first-order valence-corrected chi connectivity index (χ1v) is 13.0. The zero-order chi connectivity index (χ0) is 23.8. The van der Waals surface area contributed by atoms with Crippen molar-refractivity contribution in [2.45, 2.75) is 38.1 Å². The molecule has 0 saturated carbocycles. The number of amides is 1. The van der Waals surface area contributed by atoms with Crippen LogP contribution in [0.2, 0.25) is 0 Å². The van der Waals surface area contributed by atoms with E-state index < -0.39 is 15.8 Å². The highest BCUT2D eigenvalue weighted by Gasteiger charge is 2.32. The summed E-state index contributed by atoms with van der Waals surface area (Å²) >= 11 is 1.47. The maximum Gasteiger partial charge on any atom is 0.251 e. The summed E-state index contributed by atoms with van der Waals surface area (Å²) in [6.45, 7) is 8.94. The molecule has 4 rings (SSSR count). The summed E-state index contributed by atoms with van der Waals surface area (Å²) in [6.07, 6.45) is 2.57. The highest BCUT2D eigenvalue weighted by atomic mass is 32.2. The van der Waals surface area contributed by atoms with Gasteiger partial charge in [0.2, 0.25) is 10.0 Å². The molecule has 0 unspecified atom stereocenters. The highest BCUT2D eigenvalue weighted by molar-refractivity contribution is 7.89. The van der Waals surface area contributed by atoms with Crippen molar-refractivity contribution in [2.75, 3.05) is 13.1 Å². The van der Waals surface area contributed by atoms with Crippen molar-refractivity contribution in [2.24, 2.45) is 10.9 Å². The van der Waals surface area contributed by atoms with E-state index >= 15 is 0 Å². The smallest absolute Gasteiger partial charge is 0.251 e. The largest absolute Gasteiger partial charge is 0.312 e. The third-order valence-corrected chi connectivity index (χ3v) is 9.02. The Morgan fingerprint density at radius 1 is 1.18 bits per heavy atom. The van der Waals surface area contributed by atoms with E-state index in [9.17, 15) is 17.6 Å². The molecule has 0 bridgehead atoms. The Balaban J connectivity index is 1.55. The summed E-state index contributed by atoms with van der Waals surface area (Å²) in [5.41, 5.74) is 3.38. The number of thiazole rings is 1. The van der Waals surface area contributed by atoms with Crippen LogP contribution in [-0.4, -0.2) is 36.3 Å². The fraction of sp³-hybridized carbons (Fsp3) is 0.333. The summed E-state index contributed by atoms with van der Waals surface area (Å²) < 4.78 is 43.2. The Bertz CT molecular complexity index is 1380. The quantitative estimate of drug-likeness (QED) is 0.507. The Labute approximate surface area is 196 Å². The zero-order valence-corrected chi connectivity index (χ0v) is 20.3. The number of carbonyl (C=O) groups excluding carboxylic acids is 1. The Morgan fingerprint density at radius 2 is 1.82 bits per heavy atom. The average Bonchev–Trinajstić information content (AvgIpc) is 3.10. The Morgan fingerprint density at radius 3 is 2.45 bits per heavy atom. The number of benzene rings is 2. The first-order chi connectivity index (χ1) is 15.7. The van der Waals surface area contributed by atoms with Crippen LogP contribution < -0.4 is 4.80 Å². The number of fused-ring (bicyclic) bond motifs is 1. The van der Waals surface area contributed by atoms with Gasteiger partial charge in [0.25, 0.3) is 5.91 Å². The summed E-state index contributed by atoms with van der Waals surface area (Å²) in [5.74, 6) is -1.05. The molecule has 0 N–H and O–H groups in total. The van der Waals surface area contributed by atoms with E-state index in [1.807, 2.05) is 4.57 Å². The van der Waals surface area contributed by atoms with Gasteiger partial charge in [-0.3, -0.25) is 4.79 Å².